The van der Waals surface area contributed by atoms with Crippen LogP contribution in [0.1, 0.15) is 83.9 Å². The lowest BCUT2D eigenvalue weighted by Gasteiger charge is -2.36. The molecule has 3 atom stereocenters. The highest BCUT2D eigenvalue weighted by atomic mass is 32.1. The zero-order valence-corrected chi connectivity index (χ0v) is 29.8. The first-order valence-electron chi connectivity index (χ1n) is 17.4. The number of hydrogen-bond donors (Lipinski definition) is 1. The smallest absolute Gasteiger partial charge is 0.418 e. The zero-order valence-electron chi connectivity index (χ0n) is 29.0. The van der Waals surface area contributed by atoms with Gasteiger partial charge in [0, 0.05) is 43.7 Å². The molecule has 268 valence electrons. The third kappa shape index (κ3) is 6.65. The minimum Gasteiger partial charge on any atom is -0.461 e. The maximum atomic E-state index is 14.4. The van der Waals surface area contributed by atoms with Crippen LogP contribution in [0.2, 0.25) is 0 Å². The van der Waals surface area contributed by atoms with E-state index >= 15 is 0 Å². The Balaban J connectivity index is 1.19. The number of nitrogens with zero attached hydrogens (tertiary/aromatic N) is 8. The second-order valence-corrected chi connectivity index (χ2v) is 15.2. The molecule has 3 aromatic rings. The van der Waals surface area contributed by atoms with E-state index in [4.69, 9.17) is 20.4 Å². The number of ether oxygens (including phenoxy) is 1. The number of nitrogen functional groups attached to an aromatic ring is 1. The van der Waals surface area contributed by atoms with E-state index in [0.29, 0.717) is 48.5 Å². The highest BCUT2D eigenvalue weighted by molar-refractivity contribution is 7.06. The molecular formula is C35H44F3N9O2S. The molecule has 3 aromatic heterocycles. The number of amides is 1. The van der Waals surface area contributed by atoms with Gasteiger partial charge in [-0.1, -0.05) is 6.92 Å². The molecule has 3 saturated heterocycles. The van der Waals surface area contributed by atoms with E-state index in [0.717, 1.165) is 50.8 Å². The fraction of sp³-hybridized carbons (Fsp3) is 0.600. The minimum atomic E-state index is -4.57. The molecule has 2 unspecified atom stereocenters. The number of carbonyl (C=O) groups excluding carboxylic acids is 1. The van der Waals surface area contributed by atoms with Crippen LogP contribution in [0.5, 0.6) is 6.01 Å². The Morgan fingerprint density at radius 1 is 1.14 bits per heavy atom. The predicted octanol–water partition coefficient (Wildman–Crippen LogP) is 5.22. The summed E-state index contributed by atoms with van der Waals surface area (Å²) in [7, 11) is 1.97. The van der Waals surface area contributed by atoms with Crippen molar-refractivity contribution in [3.8, 4) is 6.01 Å². The first kappa shape index (κ1) is 34.6. The molecule has 0 spiro atoms. The molecule has 4 aliphatic rings. The van der Waals surface area contributed by atoms with Crippen molar-refractivity contribution in [1.29, 1.82) is 0 Å². The average molecular weight is 712 g/mol. The number of likely N-dealkylation sites (tertiary alicyclic amines) is 1. The Labute approximate surface area is 294 Å². The molecule has 6 heterocycles. The van der Waals surface area contributed by atoms with Crippen molar-refractivity contribution in [3.63, 3.8) is 0 Å². The summed E-state index contributed by atoms with van der Waals surface area (Å²) in [4.78, 5) is 38.0. The number of pyridine rings is 1. The summed E-state index contributed by atoms with van der Waals surface area (Å²) in [5.74, 6) is 0.603. The topological polar surface area (TPSA) is 126 Å². The van der Waals surface area contributed by atoms with E-state index in [-0.39, 0.29) is 52.9 Å². The molecule has 0 bridgehead atoms. The second kappa shape index (κ2) is 13.4. The van der Waals surface area contributed by atoms with Gasteiger partial charge in [-0.15, -0.1) is 0 Å². The van der Waals surface area contributed by atoms with Crippen LogP contribution in [-0.4, -0.2) is 91.4 Å². The summed E-state index contributed by atoms with van der Waals surface area (Å²) >= 11 is 1.25. The fourth-order valence-electron chi connectivity index (χ4n) is 8.55. The van der Waals surface area contributed by atoms with Gasteiger partial charge in [0.25, 0.3) is 0 Å². The van der Waals surface area contributed by atoms with E-state index in [1.54, 1.807) is 12.2 Å². The summed E-state index contributed by atoms with van der Waals surface area (Å²) < 4.78 is 53.9. The molecule has 2 N–H and O–H groups in total. The van der Waals surface area contributed by atoms with Crippen LogP contribution in [0, 0.1) is 19.8 Å². The van der Waals surface area contributed by atoms with Gasteiger partial charge in [-0.05, 0) is 107 Å². The Morgan fingerprint density at radius 3 is 2.60 bits per heavy atom. The quantitative estimate of drug-likeness (QED) is 0.311. The largest absolute Gasteiger partial charge is 0.461 e. The van der Waals surface area contributed by atoms with Crippen LogP contribution >= 0.6 is 11.5 Å². The number of nitrogens with two attached hydrogens (primary N) is 1. The molecule has 11 nitrogen and oxygen atoms in total. The van der Waals surface area contributed by atoms with E-state index in [2.05, 4.69) is 24.1 Å². The van der Waals surface area contributed by atoms with Crippen molar-refractivity contribution in [2.24, 2.45) is 5.92 Å². The van der Waals surface area contributed by atoms with E-state index < -0.39 is 17.7 Å². The molecule has 15 heteroatoms. The molecule has 3 fully saturated rings. The molecule has 1 aliphatic carbocycles. The Bertz CT molecular complexity index is 1790. The van der Waals surface area contributed by atoms with Crippen LogP contribution in [0.25, 0.3) is 6.08 Å². The zero-order chi connectivity index (χ0) is 35.4. The number of halogens is 3. The third-order valence-electron chi connectivity index (χ3n) is 11.1. The lowest BCUT2D eigenvalue weighted by molar-refractivity contribution is -0.139. The van der Waals surface area contributed by atoms with Gasteiger partial charge in [-0.2, -0.15) is 27.5 Å². The number of fused-ring (bicyclic) bond motifs is 2. The van der Waals surface area contributed by atoms with Crippen LogP contribution in [0.4, 0.5) is 24.8 Å². The molecule has 50 heavy (non-hydrogen) atoms. The van der Waals surface area contributed by atoms with Gasteiger partial charge in [0.05, 0.1) is 22.5 Å². The maximum absolute atomic E-state index is 14.4. The Kier molecular flexibility index (Phi) is 9.25. The maximum Gasteiger partial charge on any atom is 0.418 e. The van der Waals surface area contributed by atoms with Crippen LogP contribution < -0.4 is 15.4 Å². The van der Waals surface area contributed by atoms with Gasteiger partial charge in [-0.3, -0.25) is 9.69 Å². The number of likely N-dealkylation sites (N-methyl/N-ethyl adjacent to an activating group) is 1. The summed E-state index contributed by atoms with van der Waals surface area (Å²) in [5.41, 5.74) is 6.88. The van der Waals surface area contributed by atoms with E-state index in [9.17, 15) is 18.0 Å². The average Bonchev–Trinajstić information content (AvgIpc) is 3.86. The molecule has 0 saturated carbocycles. The number of aryl methyl sites for hydroxylation is 2. The van der Waals surface area contributed by atoms with E-state index in [1.807, 2.05) is 25.8 Å². The van der Waals surface area contributed by atoms with Crippen LogP contribution in [0.15, 0.2) is 12.1 Å². The summed E-state index contributed by atoms with van der Waals surface area (Å²) in [5, 5.41) is 0.681. The second-order valence-electron chi connectivity index (χ2n) is 14.4. The van der Waals surface area contributed by atoms with Gasteiger partial charge in [0.15, 0.2) is 0 Å². The van der Waals surface area contributed by atoms with Crippen molar-refractivity contribution in [3.05, 3.63) is 51.1 Å². The monoisotopic (exact) mass is 711 g/mol. The van der Waals surface area contributed by atoms with Crippen LogP contribution in [-0.2, 0) is 23.8 Å². The standard InChI is InChI=1S/C35H44F3N9O2S/c1-20-15-25-26(17-24(20)31-30(35(36,37)38)21(2)16-27(39)42-31)41-33(49-19-34-10-5-12-47(34)13-6-11-34)43-32(25)45(4)23-9-14-46(18-23)29(48)8-7-28-40-22(3)44-50-28/h7-8,16,20,23-24H,5-6,9-15,17-19H2,1-4H3,(H2,39,42)/b8-7+/t20-,23?,24?/m1/s1. The van der Waals surface area contributed by atoms with Gasteiger partial charge in [0.2, 0.25) is 5.91 Å². The molecule has 1 amide bonds. The SMILES string of the molecule is Cc1nsc(/C=C/C(=O)N2CCC(N(C)c3nc(OCC45CCCN4CCC5)nc4c3C[C@@H](C)C(c3nc(N)cc(C)c3C(F)(F)F)C4)C2)n1. The van der Waals surface area contributed by atoms with Crippen molar-refractivity contribution in [1.82, 2.24) is 34.1 Å². The first-order valence-corrected chi connectivity index (χ1v) is 18.2. The highest BCUT2D eigenvalue weighted by Crippen LogP contribution is 2.45. The molecular weight excluding hydrogens is 668 g/mol. The number of hydrogen-bond acceptors (Lipinski definition) is 11. The summed E-state index contributed by atoms with van der Waals surface area (Å²) in [6, 6.07) is 1.50. The van der Waals surface area contributed by atoms with Gasteiger partial charge >= 0.3 is 12.2 Å². The van der Waals surface area contributed by atoms with Crippen molar-refractivity contribution >= 4 is 35.2 Å². The normalized spacial score (nSPS) is 23.4. The van der Waals surface area contributed by atoms with Crippen molar-refractivity contribution in [2.75, 3.05) is 50.5 Å². The Morgan fingerprint density at radius 2 is 1.90 bits per heavy atom. The lowest BCUT2D eigenvalue weighted by atomic mass is 9.75. The van der Waals surface area contributed by atoms with Gasteiger partial charge in [-0.25, -0.2) is 9.97 Å². The number of aromatic nitrogens is 5. The highest BCUT2D eigenvalue weighted by Gasteiger charge is 2.46. The predicted molar refractivity (Wildman–Crippen MR) is 185 cm³/mol. The van der Waals surface area contributed by atoms with Crippen LogP contribution in [0.3, 0.4) is 0 Å². The minimum absolute atomic E-state index is 0.0233. The summed E-state index contributed by atoms with van der Waals surface area (Å²) in [6.07, 6.45) is 4.48. The number of alkyl halides is 3. The lowest BCUT2D eigenvalue weighted by Crippen LogP contribution is -2.43. The third-order valence-corrected chi connectivity index (χ3v) is 11.9. The number of anilines is 2. The molecule has 0 aromatic carbocycles. The molecule has 0 radical (unpaired) electrons. The molecule has 3 aliphatic heterocycles. The van der Waals surface area contributed by atoms with Gasteiger partial charge < -0.3 is 20.3 Å². The van der Waals surface area contributed by atoms with Gasteiger partial charge in [0.1, 0.15) is 29.1 Å². The van der Waals surface area contributed by atoms with Crippen molar-refractivity contribution in [2.45, 2.75) is 89.4 Å². The first-order chi connectivity index (χ1) is 23.8. The Hall–Kier alpha value is -3.85. The number of carbonyl (C=O) groups is 1. The summed E-state index contributed by atoms with van der Waals surface area (Å²) in [6.45, 7) is 8.87. The van der Waals surface area contributed by atoms with Crippen molar-refractivity contribution < 1.29 is 22.7 Å². The van der Waals surface area contributed by atoms with E-state index in [1.165, 1.54) is 24.5 Å². The fourth-order valence-corrected chi connectivity index (χ4v) is 9.12. The number of rotatable bonds is 8. The molecule has 7 rings (SSSR count).